The lowest BCUT2D eigenvalue weighted by molar-refractivity contribution is -0.129. The van der Waals surface area contributed by atoms with Gasteiger partial charge in [0.25, 0.3) is 0 Å². The fraction of sp³-hybridized carbons (Fsp3) is 0.185. The van der Waals surface area contributed by atoms with Crippen molar-refractivity contribution in [2.45, 2.75) is 25.1 Å². The SMILES string of the molecule is CCOC(=O)c1ccc(N=C2SC(C(=O)Nc3cccc(Br)c3)CC(=O)N2Cc2ccccc2)cc1. The van der Waals surface area contributed by atoms with Crippen LogP contribution >= 0.6 is 27.7 Å². The zero-order valence-corrected chi connectivity index (χ0v) is 21.9. The molecule has 1 aliphatic heterocycles. The Hall–Kier alpha value is -3.43. The summed E-state index contributed by atoms with van der Waals surface area (Å²) in [7, 11) is 0. The van der Waals surface area contributed by atoms with Crippen LogP contribution in [-0.4, -0.2) is 39.7 Å². The van der Waals surface area contributed by atoms with E-state index in [0.29, 0.717) is 35.3 Å². The lowest BCUT2D eigenvalue weighted by Gasteiger charge is -2.32. The van der Waals surface area contributed by atoms with E-state index in [1.54, 1.807) is 48.2 Å². The zero-order valence-electron chi connectivity index (χ0n) is 19.5. The number of esters is 1. The van der Waals surface area contributed by atoms with E-state index >= 15 is 0 Å². The number of rotatable bonds is 7. The number of halogens is 1. The minimum absolute atomic E-state index is 0.0537. The van der Waals surface area contributed by atoms with Gasteiger partial charge in [0.15, 0.2) is 5.17 Å². The van der Waals surface area contributed by atoms with Gasteiger partial charge in [0.2, 0.25) is 11.8 Å². The quantitative estimate of drug-likeness (QED) is 0.366. The van der Waals surface area contributed by atoms with Crippen LogP contribution in [0.2, 0.25) is 0 Å². The normalized spacial score (nSPS) is 16.6. The summed E-state index contributed by atoms with van der Waals surface area (Å²) >= 11 is 4.65. The second kappa shape index (κ2) is 12.0. The van der Waals surface area contributed by atoms with Crippen LogP contribution in [-0.2, 0) is 20.9 Å². The van der Waals surface area contributed by atoms with Crippen LogP contribution in [0.5, 0.6) is 0 Å². The predicted molar refractivity (Wildman–Crippen MR) is 145 cm³/mol. The Labute approximate surface area is 222 Å². The van der Waals surface area contributed by atoms with E-state index in [2.05, 4.69) is 21.2 Å². The molecule has 1 atom stereocenters. The Bertz CT molecular complexity index is 1280. The maximum Gasteiger partial charge on any atom is 0.338 e. The molecular weight excluding hydrogens is 542 g/mol. The van der Waals surface area contributed by atoms with Crippen LogP contribution in [0, 0.1) is 0 Å². The fourth-order valence-electron chi connectivity index (χ4n) is 3.55. The molecule has 0 radical (unpaired) electrons. The van der Waals surface area contributed by atoms with Crippen LogP contribution in [0.1, 0.15) is 29.3 Å². The zero-order chi connectivity index (χ0) is 25.5. The van der Waals surface area contributed by atoms with Crippen molar-refractivity contribution in [1.29, 1.82) is 0 Å². The molecule has 1 aliphatic rings. The first kappa shape index (κ1) is 25.7. The summed E-state index contributed by atoms with van der Waals surface area (Å²) in [6.45, 7) is 2.38. The molecule has 1 saturated heterocycles. The van der Waals surface area contributed by atoms with Gasteiger partial charge < -0.3 is 10.1 Å². The number of hydrogen-bond acceptors (Lipinski definition) is 6. The number of amides is 2. The molecule has 7 nitrogen and oxygen atoms in total. The highest BCUT2D eigenvalue weighted by molar-refractivity contribution is 9.10. The molecule has 0 aliphatic carbocycles. The van der Waals surface area contributed by atoms with E-state index in [0.717, 1.165) is 10.0 Å². The Morgan fingerprint density at radius 3 is 2.53 bits per heavy atom. The summed E-state index contributed by atoms with van der Waals surface area (Å²) in [6, 6.07) is 23.6. The minimum atomic E-state index is -0.638. The lowest BCUT2D eigenvalue weighted by Crippen LogP contribution is -2.44. The molecule has 9 heteroatoms. The topological polar surface area (TPSA) is 88.1 Å². The molecule has 0 aromatic heterocycles. The minimum Gasteiger partial charge on any atom is -0.462 e. The Morgan fingerprint density at radius 2 is 1.83 bits per heavy atom. The molecule has 36 heavy (non-hydrogen) atoms. The van der Waals surface area contributed by atoms with Crippen LogP contribution in [0.3, 0.4) is 0 Å². The number of anilines is 1. The van der Waals surface area contributed by atoms with Gasteiger partial charge in [-0.2, -0.15) is 0 Å². The van der Waals surface area contributed by atoms with Crippen molar-refractivity contribution >= 4 is 62.0 Å². The molecular formula is C27H24BrN3O4S. The monoisotopic (exact) mass is 565 g/mol. The number of benzene rings is 3. The van der Waals surface area contributed by atoms with E-state index < -0.39 is 11.2 Å². The molecule has 0 bridgehead atoms. The summed E-state index contributed by atoms with van der Waals surface area (Å²) < 4.78 is 5.88. The van der Waals surface area contributed by atoms with Crippen molar-refractivity contribution in [2.75, 3.05) is 11.9 Å². The molecule has 184 valence electrons. The van der Waals surface area contributed by atoms with Crippen LogP contribution in [0.4, 0.5) is 11.4 Å². The summed E-state index contributed by atoms with van der Waals surface area (Å²) in [5, 5.41) is 2.67. The maximum absolute atomic E-state index is 13.2. The molecule has 2 amide bonds. The van der Waals surface area contributed by atoms with Gasteiger partial charge in [-0.15, -0.1) is 0 Å². The first-order valence-electron chi connectivity index (χ1n) is 11.4. The van der Waals surface area contributed by atoms with Gasteiger partial charge in [0, 0.05) is 16.6 Å². The third-order valence-corrected chi connectivity index (χ3v) is 6.99. The van der Waals surface area contributed by atoms with E-state index in [1.165, 1.54) is 11.8 Å². The van der Waals surface area contributed by atoms with Gasteiger partial charge >= 0.3 is 5.97 Å². The van der Waals surface area contributed by atoms with Crippen molar-refractivity contribution in [3.63, 3.8) is 0 Å². The van der Waals surface area contributed by atoms with Crippen molar-refractivity contribution in [2.24, 2.45) is 4.99 Å². The summed E-state index contributed by atoms with van der Waals surface area (Å²) in [5.41, 5.74) is 2.57. The standard InChI is InChI=1S/C27H24BrN3O4S/c1-2-35-26(34)19-11-13-21(14-12-19)30-27-31(17-18-7-4-3-5-8-18)24(32)16-23(36-27)25(33)29-22-10-6-9-20(28)15-22/h3-15,23H,2,16-17H2,1H3,(H,29,33). The Morgan fingerprint density at radius 1 is 1.08 bits per heavy atom. The molecule has 3 aromatic carbocycles. The second-order valence-electron chi connectivity index (χ2n) is 7.94. The van der Waals surface area contributed by atoms with Gasteiger partial charge in [-0.25, -0.2) is 9.79 Å². The molecule has 1 N–H and O–H groups in total. The number of nitrogens with one attached hydrogen (secondary N) is 1. The Kier molecular flexibility index (Phi) is 8.56. The summed E-state index contributed by atoms with van der Waals surface area (Å²) in [6.07, 6.45) is 0.0537. The van der Waals surface area contributed by atoms with E-state index in [1.807, 2.05) is 42.5 Å². The van der Waals surface area contributed by atoms with E-state index in [4.69, 9.17) is 9.73 Å². The van der Waals surface area contributed by atoms with Crippen LogP contribution in [0.25, 0.3) is 0 Å². The number of amidine groups is 1. The number of carbonyl (C=O) groups excluding carboxylic acids is 3. The van der Waals surface area contributed by atoms with Crippen molar-refractivity contribution in [3.05, 3.63) is 94.5 Å². The number of nitrogens with zero attached hydrogens (tertiary/aromatic N) is 2. The average molecular weight is 566 g/mol. The average Bonchev–Trinajstić information content (AvgIpc) is 2.87. The molecule has 0 spiro atoms. The first-order chi connectivity index (χ1) is 17.4. The van der Waals surface area contributed by atoms with Gasteiger partial charge in [-0.1, -0.05) is 64.1 Å². The third kappa shape index (κ3) is 6.61. The van der Waals surface area contributed by atoms with E-state index in [-0.39, 0.29) is 18.2 Å². The van der Waals surface area contributed by atoms with Crippen molar-refractivity contribution in [3.8, 4) is 0 Å². The van der Waals surface area contributed by atoms with Gasteiger partial charge in [-0.05, 0) is 55.0 Å². The number of hydrogen-bond donors (Lipinski definition) is 1. The van der Waals surface area contributed by atoms with Gasteiger partial charge in [0.05, 0.1) is 24.4 Å². The van der Waals surface area contributed by atoms with Crippen molar-refractivity contribution < 1.29 is 19.1 Å². The predicted octanol–water partition coefficient (Wildman–Crippen LogP) is 5.79. The molecule has 1 unspecified atom stereocenters. The number of ether oxygens (including phenoxy) is 1. The second-order valence-corrected chi connectivity index (χ2v) is 10.0. The van der Waals surface area contributed by atoms with Crippen LogP contribution in [0.15, 0.2) is 88.3 Å². The largest absolute Gasteiger partial charge is 0.462 e. The maximum atomic E-state index is 13.2. The first-order valence-corrected chi connectivity index (χ1v) is 13.0. The molecule has 3 aromatic rings. The number of thioether (sulfide) groups is 1. The van der Waals surface area contributed by atoms with Crippen LogP contribution < -0.4 is 5.32 Å². The van der Waals surface area contributed by atoms with Gasteiger partial charge in [0.1, 0.15) is 5.25 Å². The highest BCUT2D eigenvalue weighted by atomic mass is 79.9. The number of aliphatic imine (C=N–C) groups is 1. The Balaban J connectivity index is 1.59. The third-order valence-electron chi connectivity index (χ3n) is 5.31. The molecule has 4 rings (SSSR count). The smallest absolute Gasteiger partial charge is 0.338 e. The summed E-state index contributed by atoms with van der Waals surface area (Å²) in [4.78, 5) is 44.5. The van der Waals surface area contributed by atoms with E-state index in [9.17, 15) is 14.4 Å². The van der Waals surface area contributed by atoms with Crippen molar-refractivity contribution in [1.82, 2.24) is 4.90 Å². The fourth-order valence-corrected chi connectivity index (χ4v) is 5.05. The highest BCUT2D eigenvalue weighted by Crippen LogP contribution is 2.31. The highest BCUT2D eigenvalue weighted by Gasteiger charge is 2.36. The lowest BCUT2D eigenvalue weighted by atomic mass is 10.2. The number of carbonyl (C=O) groups is 3. The summed E-state index contributed by atoms with van der Waals surface area (Å²) in [5.74, 6) is -0.862. The molecule has 1 heterocycles. The van der Waals surface area contributed by atoms with Gasteiger partial charge in [-0.3, -0.25) is 14.5 Å². The molecule has 1 fully saturated rings. The molecule has 0 saturated carbocycles.